The van der Waals surface area contributed by atoms with Gasteiger partial charge in [-0.05, 0) is 6.92 Å². The van der Waals surface area contributed by atoms with Crippen LogP contribution in [0.15, 0.2) is 0 Å². The number of hydrogen-bond acceptors (Lipinski definition) is 2. The highest BCUT2D eigenvalue weighted by atomic mass is 16.5. The lowest BCUT2D eigenvalue weighted by Crippen LogP contribution is -2.00. The SMILES string of the molecule is COC[C@H]1N[C@@H]1C. The van der Waals surface area contributed by atoms with E-state index < -0.39 is 0 Å². The number of ether oxygens (including phenoxy) is 1. The van der Waals surface area contributed by atoms with E-state index in [2.05, 4.69) is 12.2 Å². The van der Waals surface area contributed by atoms with Gasteiger partial charge in [-0.25, -0.2) is 0 Å². The third kappa shape index (κ3) is 1.14. The molecule has 0 amide bonds. The van der Waals surface area contributed by atoms with E-state index in [9.17, 15) is 0 Å². The van der Waals surface area contributed by atoms with Crippen LogP contribution in [0, 0.1) is 0 Å². The molecule has 0 spiro atoms. The van der Waals surface area contributed by atoms with Crippen LogP contribution >= 0.6 is 0 Å². The lowest BCUT2D eigenvalue weighted by molar-refractivity contribution is 0.199. The van der Waals surface area contributed by atoms with Gasteiger partial charge >= 0.3 is 0 Å². The monoisotopic (exact) mass is 101 g/mol. The molecule has 0 aliphatic carbocycles. The van der Waals surface area contributed by atoms with Gasteiger partial charge in [-0.3, -0.25) is 0 Å². The van der Waals surface area contributed by atoms with Crippen molar-refractivity contribution in [2.75, 3.05) is 13.7 Å². The normalized spacial score (nSPS) is 38.6. The van der Waals surface area contributed by atoms with Gasteiger partial charge in [0.1, 0.15) is 0 Å². The fourth-order valence-corrected chi connectivity index (χ4v) is 0.654. The lowest BCUT2D eigenvalue weighted by Gasteiger charge is -1.88. The smallest absolute Gasteiger partial charge is 0.0631 e. The molecule has 1 aliphatic heterocycles. The van der Waals surface area contributed by atoms with Gasteiger partial charge in [0, 0.05) is 19.2 Å². The van der Waals surface area contributed by atoms with Crippen LogP contribution in [0.4, 0.5) is 0 Å². The molecular weight excluding hydrogens is 90.1 g/mol. The fraction of sp³-hybridized carbons (Fsp3) is 1.00. The summed E-state index contributed by atoms with van der Waals surface area (Å²) in [6.07, 6.45) is 0. The van der Waals surface area contributed by atoms with E-state index >= 15 is 0 Å². The molecule has 1 N–H and O–H groups in total. The van der Waals surface area contributed by atoms with Crippen LogP contribution < -0.4 is 5.32 Å². The molecule has 0 saturated carbocycles. The first kappa shape index (κ1) is 5.06. The Morgan fingerprint density at radius 3 is 2.43 bits per heavy atom. The van der Waals surface area contributed by atoms with Crippen LogP contribution in [0.5, 0.6) is 0 Å². The number of nitrogens with one attached hydrogen (secondary N) is 1. The standard InChI is InChI=1S/C5H11NO/c1-4-5(6-4)3-7-2/h4-6H,3H2,1-2H3/t4-,5-/m1/s1. The number of rotatable bonds is 2. The van der Waals surface area contributed by atoms with Crippen molar-refractivity contribution in [2.24, 2.45) is 0 Å². The second kappa shape index (κ2) is 1.80. The molecule has 0 bridgehead atoms. The first-order valence-corrected chi connectivity index (χ1v) is 2.59. The minimum absolute atomic E-state index is 0.644. The Labute approximate surface area is 43.9 Å². The van der Waals surface area contributed by atoms with Gasteiger partial charge in [0.2, 0.25) is 0 Å². The molecule has 1 rings (SSSR count). The molecule has 2 atom stereocenters. The second-order valence-corrected chi connectivity index (χ2v) is 2.02. The quantitative estimate of drug-likeness (QED) is 0.496. The highest BCUT2D eigenvalue weighted by Crippen LogP contribution is 2.07. The Kier molecular flexibility index (Phi) is 1.30. The minimum Gasteiger partial charge on any atom is -0.383 e. The number of hydrogen-bond donors (Lipinski definition) is 1. The fourth-order valence-electron chi connectivity index (χ4n) is 0.654. The molecule has 1 fully saturated rings. The summed E-state index contributed by atoms with van der Waals surface area (Å²) in [5, 5.41) is 3.21. The lowest BCUT2D eigenvalue weighted by atomic mass is 10.4. The average molecular weight is 101 g/mol. The Morgan fingerprint density at radius 1 is 1.71 bits per heavy atom. The summed E-state index contributed by atoms with van der Waals surface area (Å²) >= 11 is 0. The maximum atomic E-state index is 4.87. The summed E-state index contributed by atoms with van der Waals surface area (Å²) in [5.41, 5.74) is 0. The summed E-state index contributed by atoms with van der Waals surface area (Å²) in [7, 11) is 1.73. The predicted octanol–water partition coefficient (Wildman–Crippen LogP) is -0.00690. The molecule has 0 unspecified atom stereocenters. The molecule has 1 saturated heterocycles. The van der Waals surface area contributed by atoms with Crippen LogP contribution in [0.2, 0.25) is 0 Å². The van der Waals surface area contributed by atoms with Gasteiger partial charge in [0.25, 0.3) is 0 Å². The Balaban J connectivity index is 1.98. The van der Waals surface area contributed by atoms with Crippen LogP contribution in [0.1, 0.15) is 6.92 Å². The van der Waals surface area contributed by atoms with Crippen molar-refractivity contribution in [3.05, 3.63) is 0 Å². The summed E-state index contributed by atoms with van der Waals surface area (Å²) in [6.45, 7) is 3.02. The zero-order valence-electron chi connectivity index (χ0n) is 4.77. The molecule has 0 aromatic rings. The summed E-state index contributed by atoms with van der Waals surface area (Å²) in [6, 6.07) is 1.34. The first-order chi connectivity index (χ1) is 3.34. The zero-order chi connectivity index (χ0) is 5.28. The van der Waals surface area contributed by atoms with Gasteiger partial charge in [-0.15, -0.1) is 0 Å². The van der Waals surface area contributed by atoms with Crippen molar-refractivity contribution in [3.63, 3.8) is 0 Å². The van der Waals surface area contributed by atoms with Crippen molar-refractivity contribution >= 4 is 0 Å². The molecule has 1 aliphatic rings. The van der Waals surface area contributed by atoms with Crippen molar-refractivity contribution in [1.29, 1.82) is 0 Å². The van der Waals surface area contributed by atoms with E-state index in [1.165, 1.54) is 0 Å². The van der Waals surface area contributed by atoms with Crippen LogP contribution in [0.3, 0.4) is 0 Å². The molecule has 7 heavy (non-hydrogen) atoms. The molecule has 2 nitrogen and oxygen atoms in total. The minimum atomic E-state index is 0.644. The largest absolute Gasteiger partial charge is 0.383 e. The third-order valence-corrected chi connectivity index (χ3v) is 1.32. The highest BCUT2D eigenvalue weighted by Gasteiger charge is 2.30. The Hall–Kier alpha value is -0.0800. The molecule has 1 heterocycles. The van der Waals surface area contributed by atoms with Gasteiger partial charge in [0.15, 0.2) is 0 Å². The number of methoxy groups -OCH3 is 1. The molecule has 0 aromatic heterocycles. The van der Waals surface area contributed by atoms with E-state index in [1.807, 2.05) is 0 Å². The molecule has 0 aromatic carbocycles. The maximum absolute atomic E-state index is 4.87. The van der Waals surface area contributed by atoms with Crippen LogP contribution in [0.25, 0.3) is 0 Å². The predicted molar refractivity (Wildman–Crippen MR) is 28.3 cm³/mol. The summed E-state index contributed by atoms with van der Waals surface area (Å²) in [4.78, 5) is 0. The van der Waals surface area contributed by atoms with Crippen molar-refractivity contribution in [1.82, 2.24) is 5.32 Å². The van der Waals surface area contributed by atoms with Gasteiger partial charge < -0.3 is 10.1 Å². The summed E-state index contributed by atoms with van der Waals surface area (Å²) in [5.74, 6) is 0. The molecule has 0 radical (unpaired) electrons. The summed E-state index contributed by atoms with van der Waals surface area (Å²) < 4.78 is 4.87. The van der Waals surface area contributed by atoms with E-state index in [4.69, 9.17) is 4.74 Å². The third-order valence-electron chi connectivity index (χ3n) is 1.32. The van der Waals surface area contributed by atoms with E-state index in [1.54, 1.807) is 7.11 Å². The maximum Gasteiger partial charge on any atom is 0.0631 e. The average Bonchev–Trinajstić information content (AvgIpc) is 2.22. The van der Waals surface area contributed by atoms with E-state index in [-0.39, 0.29) is 0 Å². The molecular formula is C5H11NO. The topological polar surface area (TPSA) is 31.2 Å². The van der Waals surface area contributed by atoms with E-state index in [0.717, 1.165) is 6.61 Å². The molecule has 42 valence electrons. The Morgan fingerprint density at radius 2 is 2.29 bits per heavy atom. The van der Waals surface area contributed by atoms with Crippen molar-refractivity contribution in [3.8, 4) is 0 Å². The molecule has 2 heteroatoms. The van der Waals surface area contributed by atoms with Gasteiger partial charge in [-0.2, -0.15) is 0 Å². The van der Waals surface area contributed by atoms with E-state index in [0.29, 0.717) is 12.1 Å². The first-order valence-electron chi connectivity index (χ1n) is 2.59. The second-order valence-electron chi connectivity index (χ2n) is 2.02. The highest BCUT2D eigenvalue weighted by molar-refractivity contribution is 4.93. The van der Waals surface area contributed by atoms with Gasteiger partial charge in [-0.1, -0.05) is 0 Å². The van der Waals surface area contributed by atoms with Crippen molar-refractivity contribution < 1.29 is 4.74 Å². The van der Waals surface area contributed by atoms with Crippen LogP contribution in [-0.2, 0) is 4.74 Å². The Bertz CT molecular complexity index is 65.1. The van der Waals surface area contributed by atoms with Crippen LogP contribution in [-0.4, -0.2) is 25.8 Å². The zero-order valence-corrected chi connectivity index (χ0v) is 4.77. The van der Waals surface area contributed by atoms with Gasteiger partial charge in [0.05, 0.1) is 6.61 Å². The van der Waals surface area contributed by atoms with Crippen molar-refractivity contribution in [2.45, 2.75) is 19.0 Å².